The van der Waals surface area contributed by atoms with Crippen molar-refractivity contribution >= 4 is 16.7 Å². The Morgan fingerprint density at radius 1 is 0.759 bits per heavy atom. The minimum Gasteiger partial charge on any atom is -1.00 e. The third-order valence-corrected chi connectivity index (χ3v) is 5.75. The van der Waals surface area contributed by atoms with Gasteiger partial charge < -0.3 is 29.9 Å². The topological polar surface area (TPSA) is 37.3 Å². The number of aryl methyl sites for hydroxylation is 2. The van der Waals surface area contributed by atoms with Crippen LogP contribution in [0.5, 0.6) is 0 Å². The molecule has 0 unspecified atom stereocenters. The van der Waals surface area contributed by atoms with Crippen LogP contribution in [0.3, 0.4) is 0 Å². The van der Waals surface area contributed by atoms with E-state index in [9.17, 15) is 4.79 Å². The van der Waals surface area contributed by atoms with Crippen LogP contribution in [0.15, 0.2) is 48.5 Å². The summed E-state index contributed by atoms with van der Waals surface area (Å²) in [7, 11) is 0. The van der Waals surface area contributed by atoms with E-state index in [-0.39, 0.29) is 46.5 Å². The van der Waals surface area contributed by atoms with Crippen LogP contribution in [0.25, 0.3) is 10.8 Å². The molecular formula is C24H25Cl2O2Ti. The molecule has 0 aliphatic heterocycles. The molecule has 0 bridgehead atoms. The van der Waals surface area contributed by atoms with Gasteiger partial charge in [0, 0.05) is 0 Å². The number of hydrogen-bond donors (Lipinski definition) is 1. The molecule has 2 nitrogen and oxygen atoms in total. The Kier molecular flexibility index (Phi) is 10.6. The molecule has 1 radical (unpaired) electrons. The molecule has 0 heterocycles. The molecule has 0 spiro atoms. The van der Waals surface area contributed by atoms with Crippen molar-refractivity contribution in [2.45, 2.75) is 51.4 Å². The summed E-state index contributed by atoms with van der Waals surface area (Å²) < 4.78 is 0. The van der Waals surface area contributed by atoms with Crippen LogP contribution < -0.4 is 24.8 Å². The summed E-state index contributed by atoms with van der Waals surface area (Å²) in [6.45, 7) is 0. The average Bonchev–Trinajstić information content (AvgIpc) is 3.07. The monoisotopic (exact) mass is 463 g/mol. The average molecular weight is 464 g/mol. The Bertz CT molecular complexity index is 913. The molecule has 2 aliphatic carbocycles. The third kappa shape index (κ3) is 5.70. The van der Waals surface area contributed by atoms with Crippen LogP contribution in [-0.4, -0.2) is 11.1 Å². The van der Waals surface area contributed by atoms with E-state index in [0.29, 0.717) is 5.56 Å². The van der Waals surface area contributed by atoms with Crippen molar-refractivity contribution in [3.8, 4) is 0 Å². The summed E-state index contributed by atoms with van der Waals surface area (Å²) in [6.07, 6.45) is 11.2. The van der Waals surface area contributed by atoms with Crippen LogP contribution in [0, 0.1) is 0 Å². The first-order valence-corrected chi connectivity index (χ1v) is 9.74. The maximum atomic E-state index is 10.8. The number of carboxylic acids is 1. The van der Waals surface area contributed by atoms with Gasteiger partial charge in [0.2, 0.25) is 0 Å². The minimum atomic E-state index is -0.878. The molecule has 29 heavy (non-hydrogen) atoms. The predicted octanol–water partition coefficient (Wildman–Crippen LogP) is -0.293. The summed E-state index contributed by atoms with van der Waals surface area (Å²) in [6, 6.07) is 15.3. The number of hydrogen-bond acceptors (Lipinski definition) is 1. The van der Waals surface area contributed by atoms with E-state index in [4.69, 9.17) is 5.11 Å². The van der Waals surface area contributed by atoms with Gasteiger partial charge in [0.15, 0.2) is 0 Å². The SMILES string of the molecule is O=C(O)c1cccc2ccccc12.[Cl-].[Cl-].[Ti+3].[cH-]1c2c(c3c1CCCC3)CCCC2. The van der Waals surface area contributed by atoms with Crippen LogP contribution in [0.1, 0.15) is 58.3 Å². The van der Waals surface area contributed by atoms with Crippen LogP contribution in [0.4, 0.5) is 0 Å². The number of carbonyl (C=O) groups is 1. The molecule has 3 aromatic rings. The largest absolute Gasteiger partial charge is 3.00 e. The number of halogens is 2. The molecular weight excluding hydrogens is 439 g/mol. The van der Waals surface area contributed by atoms with Crippen LogP contribution in [-0.2, 0) is 47.4 Å². The third-order valence-electron chi connectivity index (χ3n) is 5.75. The van der Waals surface area contributed by atoms with E-state index in [0.717, 1.165) is 10.8 Å². The van der Waals surface area contributed by atoms with Gasteiger partial charge in [-0.2, -0.15) is 28.3 Å². The standard InChI is InChI=1S/C13H17.C11H8O2.2ClH.Ti/c1-3-7-12-10(5-1)9-11-6-2-4-8-13(11)12;12-11(13)10-7-3-5-8-4-1-2-6-9(8)10;;;/h9H,1-8H2;1-7H,(H,12,13);2*1H;/q-1;;;;+3/p-2. The Labute approximate surface area is 200 Å². The van der Waals surface area contributed by atoms with E-state index < -0.39 is 5.97 Å². The second kappa shape index (κ2) is 11.9. The van der Waals surface area contributed by atoms with Gasteiger partial charge in [-0.25, -0.2) is 4.79 Å². The van der Waals surface area contributed by atoms with Crippen molar-refractivity contribution in [2.75, 3.05) is 0 Å². The molecule has 151 valence electrons. The summed E-state index contributed by atoms with van der Waals surface area (Å²) in [4.78, 5) is 10.8. The molecule has 2 aliphatic rings. The second-order valence-electron chi connectivity index (χ2n) is 7.40. The Balaban J connectivity index is 0.000000263. The summed E-state index contributed by atoms with van der Waals surface area (Å²) in [5, 5.41) is 10.6. The first-order valence-electron chi connectivity index (χ1n) is 9.74. The van der Waals surface area contributed by atoms with Gasteiger partial charge in [-0.05, 0) is 16.8 Å². The molecule has 5 rings (SSSR count). The Morgan fingerprint density at radius 2 is 1.28 bits per heavy atom. The second-order valence-corrected chi connectivity index (χ2v) is 7.40. The molecule has 0 aromatic heterocycles. The fraction of sp³-hybridized carbons (Fsp3) is 0.333. The Hall–Kier alpha value is -1.19. The smallest absolute Gasteiger partial charge is 1.00 e. The normalized spacial score (nSPS) is 13.9. The zero-order valence-corrected chi connectivity index (χ0v) is 19.5. The number of rotatable bonds is 1. The van der Waals surface area contributed by atoms with E-state index in [1.165, 1.54) is 51.4 Å². The molecule has 0 saturated heterocycles. The van der Waals surface area contributed by atoms with Crippen molar-refractivity contribution in [2.24, 2.45) is 0 Å². The van der Waals surface area contributed by atoms with Crippen molar-refractivity contribution in [1.29, 1.82) is 0 Å². The number of benzene rings is 2. The van der Waals surface area contributed by atoms with Gasteiger partial charge in [0.05, 0.1) is 5.56 Å². The van der Waals surface area contributed by atoms with E-state index in [1.54, 1.807) is 34.4 Å². The van der Waals surface area contributed by atoms with Gasteiger partial charge in [0.25, 0.3) is 0 Å². The van der Waals surface area contributed by atoms with Gasteiger partial charge in [-0.1, -0.05) is 87.8 Å². The molecule has 0 atom stereocenters. The summed E-state index contributed by atoms with van der Waals surface area (Å²) in [5.41, 5.74) is 7.30. The molecule has 0 fully saturated rings. The molecule has 3 aromatic carbocycles. The van der Waals surface area contributed by atoms with E-state index in [2.05, 4.69) is 6.07 Å². The number of fused-ring (bicyclic) bond motifs is 4. The zero-order valence-electron chi connectivity index (χ0n) is 16.4. The van der Waals surface area contributed by atoms with Crippen molar-refractivity contribution < 1.29 is 56.4 Å². The van der Waals surface area contributed by atoms with Gasteiger partial charge in [-0.3, -0.25) is 0 Å². The molecule has 0 saturated carbocycles. The van der Waals surface area contributed by atoms with Gasteiger partial charge >= 0.3 is 27.7 Å². The summed E-state index contributed by atoms with van der Waals surface area (Å²) in [5.74, 6) is -0.878. The number of aromatic carboxylic acids is 1. The fourth-order valence-electron chi connectivity index (χ4n) is 4.49. The predicted molar refractivity (Wildman–Crippen MR) is 106 cm³/mol. The van der Waals surface area contributed by atoms with Gasteiger partial charge in [0.1, 0.15) is 0 Å². The first kappa shape index (κ1) is 25.9. The maximum Gasteiger partial charge on any atom is 3.00 e. The van der Waals surface area contributed by atoms with Gasteiger partial charge in [-0.15, -0.1) is 0 Å². The molecule has 0 amide bonds. The zero-order chi connectivity index (χ0) is 17.9. The van der Waals surface area contributed by atoms with Crippen molar-refractivity contribution in [3.63, 3.8) is 0 Å². The Morgan fingerprint density at radius 3 is 1.86 bits per heavy atom. The molecule has 1 N–H and O–H groups in total. The molecule has 5 heteroatoms. The van der Waals surface area contributed by atoms with Crippen LogP contribution >= 0.6 is 0 Å². The van der Waals surface area contributed by atoms with E-state index in [1.807, 2.05) is 30.3 Å². The summed E-state index contributed by atoms with van der Waals surface area (Å²) >= 11 is 0. The minimum absolute atomic E-state index is 0. The quantitative estimate of drug-likeness (QED) is 0.397. The number of carboxylic acid groups (broad SMARTS) is 1. The van der Waals surface area contributed by atoms with Crippen molar-refractivity contribution in [3.05, 3.63) is 76.3 Å². The van der Waals surface area contributed by atoms with Crippen molar-refractivity contribution in [1.82, 2.24) is 0 Å². The first-order chi connectivity index (χ1) is 12.7. The maximum absolute atomic E-state index is 10.8. The fourth-order valence-corrected chi connectivity index (χ4v) is 4.49. The van der Waals surface area contributed by atoms with Crippen LogP contribution in [0.2, 0.25) is 0 Å². The van der Waals surface area contributed by atoms with E-state index >= 15 is 0 Å².